The number of hydrogen-bond acceptors (Lipinski definition) is 4. The Morgan fingerprint density at radius 2 is 2.18 bits per heavy atom. The molecule has 0 bridgehead atoms. The summed E-state index contributed by atoms with van der Waals surface area (Å²) in [5.74, 6) is 0. The van der Waals surface area contributed by atoms with Crippen molar-refractivity contribution in [3.8, 4) is 0 Å². The lowest BCUT2D eigenvalue weighted by Gasteiger charge is -2.27. The van der Waals surface area contributed by atoms with Crippen molar-refractivity contribution in [2.75, 3.05) is 40.3 Å². The molecule has 2 heterocycles. The van der Waals surface area contributed by atoms with Crippen LogP contribution in [0, 0.1) is 0 Å². The van der Waals surface area contributed by atoms with Crippen LogP contribution in [0.15, 0.2) is 0 Å². The zero-order valence-corrected chi connectivity index (χ0v) is 11.5. The third kappa shape index (κ3) is 2.81. The van der Waals surface area contributed by atoms with Crippen LogP contribution in [0.5, 0.6) is 0 Å². The molecule has 0 aliphatic carbocycles. The van der Waals surface area contributed by atoms with Crippen molar-refractivity contribution in [3.05, 3.63) is 0 Å². The molecule has 0 saturated carbocycles. The van der Waals surface area contributed by atoms with Gasteiger partial charge in [-0.05, 0) is 39.4 Å². The Bertz CT molecular complexity index is 352. The van der Waals surface area contributed by atoms with E-state index in [1.54, 1.807) is 11.4 Å². The first-order valence-electron chi connectivity index (χ1n) is 6.38. The maximum atomic E-state index is 12.3. The molecule has 17 heavy (non-hydrogen) atoms. The fraction of sp³-hybridized carbons (Fsp3) is 1.00. The summed E-state index contributed by atoms with van der Waals surface area (Å²) < 4.78 is 26.2. The van der Waals surface area contributed by atoms with Crippen LogP contribution in [0.1, 0.15) is 19.3 Å². The first kappa shape index (κ1) is 13.3. The van der Waals surface area contributed by atoms with Crippen molar-refractivity contribution in [2.45, 2.75) is 30.6 Å². The smallest absolute Gasteiger partial charge is 0.218 e. The van der Waals surface area contributed by atoms with Crippen LogP contribution < -0.4 is 5.32 Å². The Kier molecular flexibility index (Phi) is 4.07. The van der Waals surface area contributed by atoms with E-state index in [0.29, 0.717) is 19.1 Å². The average molecular weight is 261 g/mol. The van der Waals surface area contributed by atoms with Crippen molar-refractivity contribution in [1.29, 1.82) is 0 Å². The Labute approximate surface area is 104 Å². The van der Waals surface area contributed by atoms with Crippen molar-refractivity contribution in [2.24, 2.45) is 0 Å². The summed E-state index contributed by atoms with van der Waals surface area (Å²) >= 11 is 0. The highest BCUT2D eigenvalue weighted by Gasteiger charge is 2.34. The van der Waals surface area contributed by atoms with Crippen molar-refractivity contribution >= 4 is 10.0 Å². The second-order valence-electron chi connectivity index (χ2n) is 5.22. The van der Waals surface area contributed by atoms with Gasteiger partial charge in [-0.2, -0.15) is 0 Å². The second-order valence-corrected chi connectivity index (χ2v) is 7.54. The quantitative estimate of drug-likeness (QED) is 0.755. The molecule has 2 aliphatic rings. The Morgan fingerprint density at radius 1 is 1.41 bits per heavy atom. The Hall–Kier alpha value is -0.170. The number of rotatable bonds is 4. The van der Waals surface area contributed by atoms with Crippen molar-refractivity contribution in [3.63, 3.8) is 0 Å². The lowest BCUT2D eigenvalue weighted by molar-refractivity contribution is 0.270. The van der Waals surface area contributed by atoms with E-state index >= 15 is 0 Å². The summed E-state index contributed by atoms with van der Waals surface area (Å²) in [5.41, 5.74) is 0. The molecule has 2 atom stereocenters. The SMILES string of the molecule is CN1CCCC1CN(C)S(=O)(=O)C1CCNC1. The number of nitrogens with one attached hydrogen (secondary N) is 1. The molecule has 0 amide bonds. The van der Waals surface area contributed by atoms with E-state index in [0.717, 1.165) is 25.9 Å². The third-order valence-electron chi connectivity index (χ3n) is 4.01. The van der Waals surface area contributed by atoms with Gasteiger partial charge >= 0.3 is 0 Å². The lowest BCUT2D eigenvalue weighted by atomic mass is 10.2. The van der Waals surface area contributed by atoms with Crippen LogP contribution in [0.2, 0.25) is 0 Å². The van der Waals surface area contributed by atoms with Crippen LogP contribution in [0.3, 0.4) is 0 Å². The normalized spacial score (nSPS) is 31.5. The molecule has 0 spiro atoms. The fourth-order valence-electron chi connectivity index (χ4n) is 2.75. The number of likely N-dealkylation sites (N-methyl/N-ethyl adjacent to an activating group) is 2. The molecule has 5 nitrogen and oxygen atoms in total. The van der Waals surface area contributed by atoms with Crippen LogP contribution >= 0.6 is 0 Å². The van der Waals surface area contributed by atoms with Gasteiger partial charge in [0, 0.05) is 26.2 Å². The van der Waals surface area contributed by atoms with Gasteiger partial charge < -0.3 is 10.2 Å². The van der Waals surface area contributed by atoms with Gasteiger partial charge in [0.2, 0.25) is 10.0 Å². The highest BCUT2D eigenvalue weighted by molar-refractivity contribution is 7.89. The maximum Gasteiger partial charge on any atom is 0.218 e. The molecule has 2 saturated heterocycles. The van der Waals surface area contributed by atoms with E-state index < -0.39 is 10.0 Å². The van der Waals surface area contributed by atoms with E-state index in [1.165, 1.54) is 6.42 Å². The minimum Gasteiger partial charge on any atom is -0.315 e. The minimum atomic E-state index is -3.11. The molecule has 2 aliphatic heterocycles. The summed E-state index contributed by atoms with van der Waals surface area (Å²) in [6, 6.07) is 0.393. The van der Waals surface area contributed by atoms with E-state index in [-0.39, 0.29) is 5.25 Å². The van der Waals surface area contributed by atoms with Crippen LogP contribution in [-0.2, 0) is 10.0 Å². The first-order chi connectivity index (χ1) is 8.01. The van der Waals surface area contributed by atoms with Gasteiger partial charge in [-0.3, -0.25) is 0 Å². The van der Waals surface area contributed by atoms with Crippen molar-refractivity contribution < 1.29 is 8.42 Å². The van der Waals surface area contributed by atoms with Crippen LogP contribution in [0.25, 0.3) is 0 Å². The standard InChI is InChI=1S/C11H23N3O2S/c1-13-7-3-4-10(13)9-14(2)17(15,16)11-5-6-12-8-11/h10-12H,3-9H2,1-2H3. The Morgan fingerprint density at radius 3 is 2.71 bits per heavy atom. The zero-order valence-electron chi connectivity index (χ0n) is 10.7. The highest BCUT2D eigenvalue weighted by Crippen LogP contribution is 2.19. The van der Waals surface area contributed by atoms with E-state index in [9.17, 15) is 8.42 Å². The van der Waals surface area contributed by atoms with Gasteiger partial charge in [0.05, 0.1) is 5.25 Å². The molecule has 2 rings (SSSR count). The van der Waals surface area contributed by atoms with E-state index in [4.69, 9.17) is 0 Å². The molecule has 0 aromatic rings. The Balaban J connectivity index is 1.96. The number of sulfonamides is 1. The van der Waals surface area contributed by atoms with Gasteiger partial charge in [0.1, 0.15) is 0 Å². The molecule has 100 valence electrons. The topological polar surface area (TPSA) is 52.7 Å². The average Bonchev–Trinajstić information content (AvgIpc) is 2.90. The monoisotopic (exact) mass is 261 g/mol. The van der Waals surface area contributed by atoms with E-state index in [1.807, 2.05) is 0 Å². The fourth-order valence-corrected chi connectivity index (χ4v) is 4.38. The van der Waals surface area contributed by atoms with E-state index in [2.05, 4.69) is 17.3 Å². The summed E-state index contributed by atoms with van der Waals surface area (Å²) in [6.07, 6.45) is 3.03. The predicted molar refractivity (Wildman–Crippen MR) is 68.5 cm³/mol. The third-order valence-corrected chi connectivity index (χ3v) is 6.27. The molecular weight excluding hydrogens is 238 g/mol. The van der Waals surface area contributed by atoms with Gasteiger partial charge in [-0.1, -0.05) is 0 Å². The lowest BCUT2D eigenvalue weighted by Crippen LogP contribution is -2.43. The van der Waals surface area contributed by atoms with Gasteiger partial charge in [0.15, 0.2) is 0 Å². The van der Waals surface area contributed by atoms with Crippen LogP contribution in [-0.4, -0.2) is 69.2 Å². The summed E-state index contributed by atoms with van der Waals surface area (Å²) in [5, 5.41) is 2.90. The maximum absolute atomic E-state index is 12.3. The van der Waals surface area contributed by atoms with Gasteiger partial charge in [-0.15, -0.1) is 0 Å². The molecule has 1 N–H and O–H groups in total. The minimum absolute atomic E-state index is 0.223. The highest BCUT2D eigenvalue weighted by atomic mass is 32.2. The van der Waals surface area contributed by atoms with Crippen LogP contribution in [0.4, 0.5) is 0 Å². The summed E-state index contributed by atoms with van der Waals surface area (Å²) in [6.45, 7) is 3.15. The molecular formula is C11H23N3O2S. The largest absolute Gasteiger partial charge is 0.315 e. The zero-order chi connectivity index (χ0) is 12.5. The molecule has 2 fully saturated rings. The molecule has 0 aromatic heterocycles. The molecule has 2 unspecified atom stereocenters. The van der Waals surface area contributed by atoms with Gasteiger partial charge in [-0.25, -0.2) is 12.7 Å². The number of nitrogens with zero attached hydrogens (tertiary/aromatic N) is 2. The second kappa shape index (κ2) is 5.22. The first-order valence-corrected chi connectivity index (χ1v) is 7.88. The molecule has 6 heteroatoms. The van der Waals surface area contributed by atoms with Crippen molar-refractivity contribution in [1.82, 2.24) is 14.5 Å². The molecule has 0 aromatic carbocycles. The summed E-state index contributed by atoms with van der Waals surface area (Å²) in [7, 11) is 0.695. The van der Waals surface area contributed by atoms with Gasteiger partial charge in [0.25, 0.3) is 0 Å². The predicted octanol–water partition coefficient (Wildman–Crippen LogP) is -0.296. The number of likely N-dealkylation sites (tertiary alicyclic amines) is 1. The summed E-state index contributed by atoms with van der Waals surface area (Å²) in [4.78, 5) is 2.26. The molecule has 0 radical (unpaired) electrons. The number of hydrogen-bond donors (Lipinski definition) is 1.